The van der Waals surface area contributed by atoms with Crippen LogP contribution < -0.4 is 20.7 Å². The standard InChI is InChI=1S/C20H27N5O2/c1-14-12-25(13-15(2)27-14)19-9-8-16(10-22-19)11-23-20(21)24-17-6-4-5-7-18(17)26-3/h4-10,14-15H,11-13H2,1-3H3,(H3,21,23,24). The zero-order valence-corrected chi connectivity index (χ0v) is 16.1. The van der Waals surface area contributed by atoms with Crippen molar-refractivity contribution in [2.24, 2.45) is 10.7 Å². The molecule has 1 aliphatic rings. The Labute approximate surface area is 160 Å². The van der Waals surface area contributed by atoms with Crippen LogP contribution in [0, 0.1) is 0 Å². The van der Waals surface area contributed by atoms with E-state index in [9.17, 15) is 0 Å². The van der Waals surface area contributed by atoms with Gasteiger partial charge in [0.15, 0.2) is 5.96 Å². The van der Waals surface area contributed by atoms with Crippen LogP contribution in [-0.2, 0) is 11.3 Å². The fourth-order valence-corrected chi connectivity index (χ4v) is 3.16. The Hall–Kier alpha value is -2.80. The van der Waals surface area contributed by atoms with E-state index in [2.05, 4.69) is 34.0 Å². The van der Waals surface area contributed by atoms with Gasteiger partial charge in [-0.2, -0.15) is 0 Å². The van der Waals surface area contributed by atoms with Gasteiger partial charge in [-0.1, -0.05) is 18.2 Å². The monoisotopic (exact) mass is 369 g/mol. The first-order chi connectivity index (χ1) is 13.0. The minimum absolute atomic E-state index is 0.209. The molecule has 2 atom stereocenters. The van der Waals surface area contributed by atoms with Gasteiger partial charge in [0.1, 0.15) is 11.6 Å². The van der Waals surface area contributed by atoms with E-state index in [1.165, 1.54) is 0 Å². The van der Waals surface area contributed by atoms with Crippen molar-refractivity contribution in [1.82, 2.24) is 4.98 Å². The fourth-order valence-electron chi connectivity index (χ4n) is 3.16. The third-order valence-electron chi connectivity index (χ3n) is 4.35. The van der Waals surface area contributed by atoms with Gasteiger partial charge in [0.25, 0.3) is 0 Å². The number of nitrogens with one attached hydrogen (secondary N) is 1. The van der Waals surface area contributed by atoms with E-state index >= 15 is 0 Å². The molecule has 0 aliphatic carbocycles. The molecule has 0 saturated carbocycles. The van der Waals surface area contributed by atoms with E-state index in [0.717, 1.165) is 35.9 Å². The van der Waals surface area contributed by atoms with Crippen LogP contribution in [0.1, 0.15) is 19.4 Å². The number of aromatic nitrogens is 1. The third-order valence-corrected chi connectivity index (χ3v) is 4.35. The largest absolute Gasteiger partial charge is 0.495 e. The molecular formula is C20H27N5O2. The molecule has 2 heterocycles. The van der Waals surface area contributed by atoms with Crippen molar-refractivity contribution in [3.63, 3.8) is 0 Å². The van der Waals surface area contributed by atoms with Crippen molar-refractivity contribution in [2.45, 2.75) is 32.6 Å². The number of para-hydroxylation sites is 2. The van der Waals surface area contributed by atoms with E-state index in [0.29, 0.717) is 12.5 Å². The first-order valence-corrected chi connectivity index (χ1v) is 9.10. The minimum atomic E-state index is 0.209. The van der Waals surface area contributed by atoms with Crippen LogP contribution in [0.4, 0.5) is 11.5 Å². The number of rotatable bonds is 5. The molecule has 1 aromatic heterocycles. The number of anilines is 2. The second kappa shape index (κ2) is 8.73. The lowest BCUT2D eigenvalue weighted by molar-refractivity contribution is -0.00545. The Kier molecular flexibility index (Phi) is 6.13. The average Bonchev–Trinajstić information content (AvgIpc) is 2.66. The van der Waals surface area contributed by atoms with E-state index in [1.807, 2.05) is 42.6 Å². The summed E-state index contributed by atoms with van der Waals surface area (Å²) in [6.45, 7) is 6.33. The average molecular weight is 369 g/mol. The van der Waals surface area contributed by atoms with E-state index in [4.69, 9.17) is 15.2 Å². The molecule has 0 radical (unpaired) electrons. The van der Waals surface area contributed by atoms with Gasteiger partial charge in [0.05, 0.1) is 31.5 Å². The van der Waals surface area contributed by atoms with Crippen LogP contribution in [0.25, 0.3) is 0 Å². The van der Waals surface area contributed by atoms with Crippen LogP contribution in [-0.4, -0.2) is 43.4 Å². The lowest BCUT2D eigenvalue weighted by Gasteiger charge is -2.36. The normalized spacial score (nSPS) is 20.4. The molecule has 3 N–H and O–H groups in total. The number of ether oxygens (including phenoxy) is 2. The predicted octanol–water partition coefficient (Wildman–Crippen LogP) is 2.63. The first-order valence-electron chi connectivity index (χ1n) is 9.10. The number of hydrogen-bond donors (Lipinski definition) is 2. The maximum absolute atomic E-state index is 6.00. The van der Waals surface area contributed by atoms with Crippen LogP contribution in [0.3, 0.4) is 0 Å². The number of nitrogens with zero attached hydrogens (tertiary/aromatic N) is 3. The maximum Gasteiger partial charge on any atom is 0.193 e. The van der Waals surface area contributed by atoms with Gasteiger partial charge in [-0.15, -0.1) is 0 Å². The topological polar surface area (TPSA) is 85.0 Å². The Balaban J connectivity index is 1.60. The van der Waals surface area contributed by atoms with E-state index in [-0.39, 0.29) is 12.2 Å². The highest BCUT2D eigenvalue weighted by atomic mass is 16.5. The number of benzene rings is 1. The predicted molar refractivity (Wildman–Crippen MR) is 108 cm³/mol. The summed E-state index contributed by atoms with van der Waals surface area (Å²) in [5.41, 5.74) is 7.78. The molecule has 1 fully saturated rings. The van der Waals surface area contributed by atoms with Crippen LogP contribution >= 0.6 is 0 Å². The smallest absolute Gasteiger partial charge is 0.193 e. The quantitative estimate of drug-likeness (QED) is 0.623. The second-order valence-corrected chi connectivity index (χ2v) is 6.71. The van der Waals surface area contributed by atoms with Gasteiger partial charge in [-0.25, -0.2) is 9.98 Å². The van der Waals surface area contributed by atoms with Gasteiger partial charge in [-0.05, 0) is 37.6 Å². The highest BCUT2D eigenvalue weighted by Gasteiger charge is 2.22. The SMILES string of the molecule is COc1ccccc1NC(N)=NCc1ccc(N2CC(C)OC(C)C2)nc1. The first kappa shape index (κ1) is 19.0. The Morgan fingerprint density at radius 3 is 2.67 bits per heavy atom. The molecule has 2 unspecified atom stereocenters. The van der Waals surface area contributed by atoms with E-state index in [1.54, 1.807) is 7.11 Å². The summed E-state index contributed by atoms with van der Waals surface area (Å²) in [6.07, 6.45) is 2.27. The maximum atomic E-state index is 6.00. The van der Waals surface area contributed by atoms with Crippen molar-refractivity contribution in [1.29, 1.82) is 0 Å². The zero-order valence-electron chi connectivity index (χ0n) is 16.1. The summed E-state index contributed by atoms with van der Waals surface area (Å²) >= 11 is 0. The summed E-state index contributed by atoms with van der Waals surface area (Å²) in [5, 5.41) is 3.06. The van der Waals surface area contributed by atoms with Crippen molar-refractivity contribution in [3.05, 3.63) is 48.2 Å². The van der Waals surface area contributed by atoms with Gasteiger partial charge in [0, 0.05) is 19.3 Å². The number of nitrogens with two attached hydrogens (primary N) is 1. The number of methoxy groups -OCH3 is 1. The summed E-state index contributed by atoms with van der Waals surface area (Å²) < 4.78 is 11.1. The molecular weight excluding hydrogens is 342 g/mol. The zero-order chi connectivity index (χ0) is 19.2. The van der Waals surface area contributed by atoms with Crippen LogP contribution in [0.5, 0.6) is 5.75 Å². The Morgan fingerprint density at radius 1 is 1.26 bits per heavy atom. The second-order valence-electron chi connectivity index (χ2n) is 6.71. The highest BCUT2D eigenvalue weighted by molar-refractivity contribution is 5.93. The molecule has 0 spiro atoms. The molecule has 0 bridgehead atoms. The fraction of sp³-hybridized carbons (Fsp3) is 0.400. The molecule has 7 nitrogen and oxygen atoms in total. The van der Waals surface area contributed by atoms with Crippen molar-refractivity contribution >= 4 is 17.5 Å². The molecule has 1 aliphatic heterocycles. The van der Waals surface area contributed by atoms with Crippen LogP contribution in [0.2, 0.25) is 0 Å². The molecule has 144 valence electrons. The lowest BCUT2D eigenvalue weighted by atomic mass is 10.2. The van der Waals surface area contributed by atoms with Gasteiger partial charge >= 0.3 is 0 Å². The lowest BCUT2D eigenvalue weighted by Crippen LogP contribution is -2.45. The molecule has 1 saturated heterocycles. The number of guanidine groups is 1. The third kappa shape index (κ3) is 5.10. The van der Waals surface area contributed by atoms with Gasteiger partial charge in [0.2, 0.25) is 0 Å². The molecule has 0 amide bonds. The van der Waals surface area contributed by atoms with E-state index < -0.39 is 0 Å². The minimum Gasteiger partial charge on any atom is -0.495 e. The highest BCUT2D eigenvalue weighted by Crippen LogP contribution is 2.22. The molecule has 3 rings (SSSR count). The summed E-state index contributed by atoms with van der Waals surface area (Å²) in [7, 11) is 1.62. The number of aliphatic imine (C=N–C) groups is 1. The molecule has 7 heteroatoms. The number of hydrogen-bond acceptors (Lipinski definition) is 5. The number of pyridine rings is 1. The van der Waals surface area contributed by atoms with Crippen molar-refractivity contribution < 1.29 is 9.47 Å². The number of morpholine rings is 1. The Morgan fingerprint density at radius 2 is 2.00 bits per heavy atom. The summed E-state index contributed by atoms with van der Waals surface area (Å²) in [5.74, 6) is 2.01. The van der Waals surface area contributed by atoms with Gasteiger partial charge < -0.3 is 25.4 Å². The summed E-state index contributed by atoms with van der Waals surface area (Å²) in [6, 6.07) is 11.6. The molecule has 2 aromatic rings. The molecule has 27 heavy (non-hydrogen) atoms. The van der Waals surface area contributed by atoms with Crippen molar-refractivity contribution in [2.75, 3.05) is 30.4 Å². The summed E-state index contributed by atoms with van der Waals surface area (Å²) in [4.78, 5) is 11.2. The Bertz CT molecular complexity index is 768. The van der Waals surface area contributed by atoms with Crippen molar-refractivity contribution in [3.8, 4) is 5.75 Å². The molecule has 1 aromatic carbocycles. The van der Waals surface area contributed by atoms with Gasteiger partial charge in [-0.3, -0.25) is 0 Å². The van der Waals surface area contributed by atoms with Crippen LogP contribution in [0.15, 0.2) is 47.6 Å².